The number of halogens is 11. The molecule has 702 valence electrons. The van der Waals surface area contributed by atoms with Gasteiger partial charge in [-0.25, -0.2) is 50.7 Å². The zero-order valence-electron chi connectivity index (χ0n) is 72.6. The van der Waals surface area contributed by atoms with Gasteiger partial charge in [-0.3, -0.25) is 60.0 Å². The van der Waals surface area contributed by atoms with Crippen LogP contribution in [0.2, 0.25) is 5.02 Å². The van der Waals surface area contributed by atoms with Crippen LogP contribution in [0.4, 0.5) is 76.8 Å². The summed E-state index contributed by atoms with van der Waals surface area (Å²) < 4.78 is 103. The van der Waals surface area contributed by atoms with Crippen LogP contribution in [0.25, 0.3) is 0 Å². The van der Waals surface area contributed by atoms with Gasteiger partial charge in [-0.15, -0.1) is 0 Å². The largest absolute Gasteiger partial charge is 0.357 e. The number of para-hydroxylation sites is 1. The number of rotatable bonds is 20. The lowest BCUT2D eigenvalue weighted by molar-refractivity contribution is 0.100. The Balaban J connectivity index is 0.000000154. The minimum atomic E-state index is -0.816. The van der Waals surface area contributed by atoms with Crippen LogP contribution < -0.4 is 42.5 Å². The fourth-order valence-electron chi connectivity index (χ4n) is 14.8. The minimum Gasteiger partial charge on any atom is -0.357 e. The SMILES string of the molecule is N=C(c1ccc(C(=O)Nc2ccc(F)cc2C(=O)Nc2ccc(Br)cn2)c(F)c1)N1CCCC1.N=C(c1ccc(C(=O)Nc2ccc(F)cc2C(=O)Nc2ccc(Br)cn2)c(F)c1)N1CCCCC1.N=C(c1ccc(C(=O)Nc2ccc(F)cc2C(=O)Nc2ccc(Cl)cn2)c(F)c1)N1CCCCC1.N=C(c1ccc(C(=O)Nc2ccccc2C(=O)Nc2ccc(Br)cn2)c(F)c1)N1CCCC1. The third-order valence-electron chi connectivity index (χ3n) is 21.9. The zero-order valence-corrected chi connectivity index (χ0v) is 78.1. The van der Waals surface area contributed by atoms with E-state index in [2.05, 4.69) is 110 Å². The van der Waals surface area contributed by atoms with Gasteiger partial charge in [-0.2, -0.15) is 0 Å². The first-order valence-electron chi connectivity index (χ1n) is 42.9. The molecule has 39 heteroatoms. The van der Waals surface area contributed by atoms with E-state index in [-0.39, 0.29) is 108 Å². The second kappa shape index (κ2) is 46.9. The van der Waals surface area contributed by atoms with Crippen LogP contribution in [-0.4, -0.2) is 162 Å². The number of aromatic nitrogens is 4. The molecule has 0 bridgehead atoms. The maximum absolute atomic E-state index is 14.8. The quantitative estimate of drug-likeness (QED) is 0.0192. The summed E-state index contributed by atoms with van der Waals surface area (Å²) in [5.74, 6) is -8.97. The Morgan fingerprint density at radius 1 is 0.263 bits per heavy atom. The van der Waals surface area contributed by atoms with Crippen molar-refractivity contribution in [1.29, 1.82) is 21.6 Å². The van der Waals surface area contributed by atoms with Crippen molar-refractivity contribution in [3.8, 4) is 0 Å². The number of hydrogen-bond acceptors (Lipinski definition) is 16. The summed E-state index contributed by atoms with van der Waals surface area (Å²) in [4.78, 5) is 126. The number of amidine groups is 4. The highest BCUT2D eigenvalue weighted by Crippen LogP contribution is 2.30. The number of anilines is 8. The third-order valence-corrected chi connectivity index (χ3v) is 23.5. The van der Waals surface area contributed by atoms with E-state index >= 15 is 0 Å². The Labute approximate surface area is 810 Å². The maximum atomic E-state index is 14.8. The van der Waals surface area contributed by atoms with Crippen LogP contribution >= 0.6 is 59.4 Å². The predicted octanol–water partition coefficient (Wildman–Crippen LogP) is 20.7. The first kappa shape index (κ1) is 99.7. The molecule has 4 aromatic heterocycles. The number of likely N-dealkylation sites (tertiary alicyclic amines) is 4. The van der Waals surface area contributed by atoms with Crippen LogP contribution in [-0.2, 0) is 0 Å². The third kappa shape index (κ3) is 26.9. The molecule has 137 heavy (non-hydrogen) atoms. The van der Waals surface area contributed by atoms with Crippen LogP contribution in [0.5, 0.6) is 0 Å². The standard InChI is InChI=1S/C25H22BrF2N5O2.C25H22ClF2N5O2.C24H20BrF2N5O2.C24H21BrFN5O2/c2*26-16-5-9-22(30-14-16)32-25(35)19-13-17(27)6-8-21(19)31-24(34)18-7-4-15(12-20(18)28)23(29)33-10-2-1-3-11-33;25-15-4-8-21(29-13-15)31-24(34)18-12-16(26)5-7-20(18)30-23(33)17-6-3-14(11-19(17)27)22(28)32-9-1-2-10-32;25-16-8-10-21(28-14-16)30-24(33)18-5-1-2-6-20(18)29-23(32)17-9-7-15(13-19(17)26)22(27)31-11-3-4-12-31/h2*4-9,12-14,29H,1-3,10-11H2,(H,31,34)(H,30,32,35);3-8,11-13,28H,1-2,9-10H2,(H,30,33)(H,29,31,34);1-2,5-10,13-14,27H,3-4,11-12H2,(H,29,32)(H,28,30,33). The number of piperidine rings is 2. The van der Waals surface area contributed by atoms with E-state index in [4.69, 9.17) is 33.2 Å². The van der Waals surface area contributed by atoms with Gasteiger partial charge in [0.1, 0.15) is 87.3 Å². The lowest BCUT2D eigenvalue weighted by Crippen LogP contribution is -2.35. The van der Waals surface area contributed by atoms with Crippen LogP contribution in [0.3, 0.4) is 0 Å². The van der Waals surface area contributed by atoms with Gasteiger partial charge >= 0.3 is 0 Å². The first-order chi connectivity index (χ1) is 65.9. The van der Waals surface area contributed by atoms with Crippen molar-refractivity contribution < 1.29 is 69.1 Å². The van der Waals surface area contributed by atoms with Gasteiger partial charge in [0.25, 0.3) is 47.3 Å². The Hall–Kier alpha value is -14.8. The predicted molar refractivity (Wildman–Crippen MR) is 520 cm³/mol. The van der Waals surface area contributed by atoms with Gasteiger partial charge in [0.05, 0.1) is 72.3 Å². The average molecular weight is 2080 g/mol. The van der Waals surface area contributed by atoms with Crippen LogP contribution in [0, 0.1) is 62.4 Å². The van der Waals surface area contributed by atoms with Gasteiger partial charge in [0.2, 0.25) is 0 Å². The molecule has 12 N–H and O–H groups in total. The van der Waals surface area contributed by atoms with E-state index in [1.165, 1.54) is 97.5 Å². The zero-order chi connectivity index (χ0) is 97.5. The molecule has 4 fully saturated rings. The first-order valence-corrected chi connectivity index (χ1v) is 45.6. The van der Waals surface area contributed by atoms with Crippen molar-refractivity contribution in [3.63, 3.8) is 0 Å². The molecule has 8 amide bonds. The smallest absolute Gasteiger partial charge is 0.259 e. The lowest BCUT2D eigenvalue weighted by Gasteiger charge is -2.29. The van der Waals surface area contributed by atoms with Crippen molar-refractivity contribution in [1.82, 2.24) is 39.5 Å². The number of carbonyl (C=O) groups excluding carboxylic acids is 8. The fourth-order valence-corrected chi connectivity index (χ4v) is 15.6. The summed E-state index contributed by atoms with van der Waals surface area (Å²) >= 11 is 15.6. The van der Waals surface area contributed by atoms with Crippen molar-refractivity contribution >= 4 is 176 Å². The summed E-state index contributed by atoms with van der Waals surface area (Å²) in [5, 5.41) is 53.9. The van der Waals surface area contributed by atoms with Crippen molar-refractivity contribution in [2.75, 3.05) is 94.9 Å². The Morgan fingerprint density at radius 2 is 0.504 bits per heavy atom. The molecule has 0 unspecified atom stereocenters. The van der Waals surface area contributed by atoms with E-state index in [9.17, 15) is 69.1 Å². The number of nitrogens with zero attached hydrogens (tertiary/aromatic N) is 8. The van der Waals surface area contributed by atoms with Crippen molar-refractivity contribution in [3.05, 3.63) is 351 Å². The molecule has 8 heterocycles. The topological polar surface area (TPSA) is 393 Å². The molecule has 16 rings (SSSR count). The fraction of sp³-hybridized carbons (Fsp3) is 0.184. The van der Waals surface area contributed by atoms with Gasteiger partial charge in [0.15, 0.2) is 0 Å². The second-order valence-corrected chi connectivity index (χ2v) is 34.5. The van der Waals surface area contributed by atoms with Crippen LogP contribution in [0.1, 0.15) is 169 Å². The van der Waals surface area contributed by atoms with Gasteiger partial charge in [-0.05, 0) is 276 Å². The number of nitrogens with one attached hydrogen (secondary N) is 12. The van der Waals surface area contributed by atoms with Gasteiger partial charge in [-0.1, -0.05) is 48.0 Å². The number of hydrogen-bond donors (Lipinski definition) is 12. The van der Waals surface area contributed by atoms with Crippen molar-refractivity contribution in [2.24, 2.45) is 0 Å². The number of carbonyl (C=O) groups is 8. The van der Waals surface area contributed by atoms with Crippen LogP contribution in [0.15, 0.2) is 238 Å². The molecule has 12 aromatic rings. The van der Waals surface area contributed by atoms with E-state index in [1.807, 2.05) is 19.6 Å². The Morgan fingerprint density at radius 3 is 0.759 bits per heavy atom. The second-order valence-electron chi connectivity index (χ2n) is 31.4. The monoisotopic (exact) mass is 2070 g/mol. The van der Waals surface area contributed by atoms with E-state index < -0.39 is 88.0 Å². The maximum Gasteiger partial charge on any atom is 0.259 e. The number of benzene rings is 8. The summed E-state index contributed by atoms with van der Waals surface area (Å²) in [7, 11) is 0. The average Bonchev–Trinajstić information content (AvgIpc) is 1.75. The molecule has 0 radical (unpaired) electrons. The molecule has 0 atom stereocenters. The highest BCUT2D eigenvalue weighted by molar-refractivity contribution is 9.11. The summed E-state index contributed by atoms with van der Waals surface area (Å²) in [6.45, 7) is 6.01. The van der Waals surface area contributed by atoms with E-state index in [0.29, 0.717) is 42.0 Å². The highest BCUT2D eigenvalue weighted by atomic mass is 79.9. The molecule has 4 aliphatic heterocycles. The van der Waals surface area contributed by atoms with Crippen molar-refractivity contribution in [2.45, 2.75) is 64.2 Å². The molecule has 4 aliphatic rings. The summed E-state index contributed by atoms with van der Waals surface area (Å²) in [5.41, 5.74) is 0.597. The lowest BCUT2D eigenvalue weighted by atomic mass is 10.1. The minimum absolute atomic E-state index is 0.00704. The number of amides is 8. The molecular formula is C98H85Br3ClF7N20O8. The molecule has 0 saturated carbocycles. The van der Waals surface area contributed by atoms with E-state index in [0.717, 1.165) is 176 Å². The molecule has 0 aliphatic carbocycles. The van der Waals surface area contributed by atoms with Gasteiger partial charge in [0, 0.05) is 113 Å². The Bertz CT molecular complexity index is 6400. The van der Waals surface area contributed by atoms with Gasteiger partial charge < -0.3 is 62.1 Å². The Kier molecular flexibility index (Phi) is 34.2. The molecule has 4 saturated heterocycles. The normalized spacial score (nSPS) is 13.1. The molecule has 0 spiro atoms. The molecule has 8 aromatic carbocycles. The highest BCUT2D eigenvalue weighted by Gasteiger charge is 2.29. The molecule has 28 nitrogen and oxygen atoms in total. The van der Waals surface area contributed by atoms with E-state index in [1.54, 1.807) is 72.9 Å². The summed E-state index contributed by atoms with van der Waals surface area (Å²) in [6.07, 6.45) is 16.0. The molecular weight excluding hydrogens is 1990 g/mol. The number of pyridine rings is 4. The summed E-state index contributed by atoms with van der Waals surface area (Å²) in [6, 6.07) is 45.1.